The van der Waals surface area contributed by atoms with Gasteiger partial charge in [0.05, 0.1) is 19.6 Å². The predicted molar refractivity (Wildman–Crippen MR) is 165 cm³/mol. The topological polar surface area (TPSA) is 305 Å². The monoisotopic (exact) mass is 740 g/mol. The largest absolute Gasteiger partial charge is 2.00 e. The van der Waals surface area contributed by atoms with E-state index >= 15 is 0 Å². The van der Waals surface area contributed by atoms with Crippen molar-refractivity contribution in [3.63, 3.8) is 0 Å². The average molecular weight is 741 g/mol. The molecule has 1 saturated heterocycles. The quantitative estimate of drug-likeness (QED) is 0.0829. The van der Waals surface area contributed by atoms with Gasteiger partial charge in [-0.2, -0.15) is 0 Å². The van der Waals surface area contributed by atoms with Crippen LogP contribution in [0.5, 0.6) is 0 Å². The third-order valence-electron chi connectivity index (χ3n) is 6.94. The van der Waals surface area contributed by atoms with Gasteiger partial charge in [0, 0.05) is 19.3 Å². The standard InChI is InChI=1S/C27H42N9O12.Fe/c1-34(46)22(40)10-4-7-16-25(43)30-14-20(38)28-13-19(37)29-15-21(39)31-17(8-5-11-23(41)35(2)47)26(44)33-18(27(45)32-16)9-6-12-24(42)36(3)48;/h16-18H,4-15H2,1-3H3,(H,28,38)(H,29,37)(H,30,43)(H,31,39)(H,32,45)(H,33,44);/q-3;+2/t16-,17-,18+;/m1./s1. The van der Waals surface area contributed by atoms with Crippen molar-refractivity contribution in [1.29, 1.82) is 0 Å². The first-order chi connectivity index (χ1) is 22.5. The van der Waals surface area contributed by atoms with Gasteiger partial charge in [-0.05, 0) is 59.7 Å². The molecule has 0 aromatic rings. The first kappa shape index (κ1) is 44.6. The summed E-state index contributed by atoms with van der Waals surface area (Å²) in [5, 5.41) is 48.1. The molecule has 0 radical (unpaired) electrons. The molecule has 0 aromatic heterocycles. The fraction of sp³-hybridized carbons (Fsp3) is 0.667. The fourth-order valence-electron chi connectivity index (χ4n) is 4.21. The van der Waals surface area contributed by atoms with Crippen molar-refractivity contribution in [2.45, 2.75) is 75.9 Å². The summed E-state index contributed by atoms with van der Waals surface area (Å²) in [6.45, 7) is -1.83. The van der Waals surface area contributed by atoms with E-state index in [1.165, 1.54) is 0 Å². The zero-order valence-corrected chi connectivity index (χ0v) is 28.4. The van der Waals surface area contributed by atoms with E-state index in [0.29, 0.717) is 0 Å². The van der Waals surface area contributed by atoms with Crippen LogP contribution in [0.1, 0.15) is 57.8 Å². The van der Waals surface area contributed by atoms with E-state index in [2.05, 4.69) is 31.9 Å². The predicted octanol–water partition coefficient (Wildman–Crippen LogP) is -3.82. The minimum atomic E-state index is -1.46. The van der Waals surface area contributed by atoms with Gasteiger partial charge in [-0.1, -0.05) is 0 Å². The SMILES string of the molecule is CN([O-])C(=O)CCC[C@@H]1NC(=O)[C@@H](CCCC(=O)N(C)[O-])NC(=O)CNC(=O)CNC(=O)CNC(=O)[C@@H](CCCC(=O)N(C)[O-])NC1=O.[Fe+2]. The molecule has 276 valence electrons. The van der Waals surface area contributed by atoms with Crippen molar-refractivity contribution < 1.29 is 60.2 Å². The summed E-state index contributed by atoms with van der Waals surface area (Å²) in [6, 6.07) is -4.24. The van der Waals surface area contributed by atoms with Gasteiger partial charge in [-0.3, -0.25) is 43.2 Å². The van der Waals surface area contributed by atoms with Crippen LogP contribution in [0, 0.1) is 15.6 Å². The number of nitrogens with zero attached hydrogens (tertiary/aromatic N) is 3. The van der Waals surface area contributed by atoms with Gasteiger partial charge in [0.2, 0.25) is 53.2 Å². The molecular weight excluding hydrogens is 698 g/mol. The maximum Gasteiger partial charge on any atom is 2.00 e. The summed E-state index contributed by atoms with van der Waals surface area (Å²) < 4.78 is 0. The van der Waals surface area contributed by atoms with Crippen molar-refractivity contribution in [2.75, 3.05) is 40.8 Å². The van der Waals surface area contributed by atoms with Gasteiger partial charge < -0.3 is 62.7 Å². The molecule has 0 aromatic carbocycles. The Hall–Kier alpha value is -4.37. The van der Waals surface area contributed by atoms with Crippen LogP contribution >= 0.6 is 0 Å². The second-order valence-corrected chi connectivity index (χ2v) is 10.9. The number of carbonyl (C=O) groups excluding carboxylic acids is 9. The summed E-state index contributed by atoms with van der Waals surface area (Å²) in [5.41, 5.74) is 0. The number of hydroxylamine groups is 6. The van der Waals surface area contributed by atoms with E-state index in [9.17, 15) is 58.8 Å². The molecule has 0 bridgehead atoms. The molecule has 0 saturated carbocycles. The third-order valence-corrected chi connectivity index (χ3v) is 6.94. The van der Waals surface area contributed by atoms with E-state index in [-0.39, 0.29) is 90.0 Å². The number of rotatable bonds is 12. The van der Waals surface area contributed by atoms with Gasteiger partial charge in [0.15, 0.2) is 0 Å². The van der Waals surface area contributed by atoms with E-state index < -0.39 is 90.9 Å². The van der Waals surface area contributed by atoms with Crippen molar-refractivity contribution in [1.82, 2.24) is 47.1 Å². The van der Waals surface area contributed by atoms with Crippen LogP contribution in [-0.4, -0.2) is 127 Å². The van der Waals surface area contributed by atoms with Crippen LogP contribution < -0.4 is 31.9 Å². The summed E-state index contributed by atoms with van der Waals surface area (Å²) in [6.07, 6.45) is -1.69. The minimum Gasteiger partial charge on any atom is -0.756 e. The van der Waals surface area contributed by atoms with Gasteiger partial charge in [-0.25, -0.2) is 0 Å². The Morgan fingerprint density at radius 1 is 0.531 bits per heavy atom. The van der Waals surface area contributed by atoms with Gasteiger partial charge in [-0.15, -0.1) is 0 Å². The van der Waals surface area contributed by atoms with Gasteiger partial charge in [0.1, 0.15) is 18.1 Å². The fourth-order valence-corrected chi connectivity index (χ4v) is 4.21. The molecule has 0 aliphatic carbocycles. The van der Waals surface area contributed by atoms with Crippen LogP contribution in [0.2, 0.25) is 0 Å². The number of hydrogen-bond donors (Lipinski definition) is 6. The Morgan fingerprint density at radius 3 is 1.20 bits per heavy atom. The molecule has 1 aliphatic heterocycles. The third kappa shape index (κ3) is 18.1. The number of carbonyl (C=O) groups is 9. The molecule has 1 fully saturated rings. The van der Waals surface area contributed by atoms with Crippen LogP contribution in [0.4, 0.5) is 0 Å². The molecule has 1 rings (SSSR count). The molecule has 1 heterocycles. The smallest absolute Gasteiger partial charge is 0.756 e. The zero-order valence-electron chi connectivity index (χ0n) is 27.3. The summed E-state index contributed by atoms with van der Waals surface area (Å²) >= 11 is 0. The molecule has 6 N–H and O–H groups in total. The Labute approximate surface area is 292 Å². The van der Waals surface area contributed by atoms with Gasteiger partial charge in [0.25, 0.3) is 0 Å². The molecule has 22 heteroatoms. The van der Waals surface area contributed by atoms with E-state index in [0.717, 1.165) is 21.1 Å². The van der Waals surface area contributed by atoms with Gasteiger partial charge >= 0.3 is 17.1 Å². The Morgan fingerprint density at radius 2 is 0.837 bits per heavy atom. The zero-order chi connectivity index (χ0) is 36.4. The Bertz CT molecular complexity index is 1180. The van der Waals surface area contributed by atoms with Crippen LogP contribution in [0.3, 0.4) is 0 Å². The molecule has 49 heavy (non-hydrogen) atoms. The van der Waals surface area contributed by atoms with Crippen molar-refractivity contribution in [3.05, 3.63) is 15.6 Å². The van der Waals surface area contributed by atoms with E-state index in [1.54, 1.807) is 0 Å². The minimum absolute atomic E-state index is 0. The number of nitrogens with one attached hydrogen (secondary N) is 6. The summed E-state index contributed by atoms with van der Waals surface area (Å²) in [4.78, 5) is 112. The van der Waals surface area contributed by atoms with Crippen molar-refractivity contribution >= 4 is 53.2 Å². The molecule has 1 aliphatic rings. The van der Waals surface area contributed by atoms with Crippen molar-refractivity contribution in [3.8, 4) is 0 Å². The average Bonchev–Trinajstić information content (AvgIpc) is 3.02. The first-order valence-corrected chi connectivity index (χ1v) is 15.0. The second-order valence-electron chi connectivity index (χ2n) is 10.9. The summed E-state index contributed by atoms with van der Waals surface area (Å²) in [7, 11) is 2.96. The number of hydrogen-bond acceptors (Lipinski definition) is 12. The molecule has 9 amide bonds. The molecule has 3 atom stereocenters. The second kappa shape index (κ2) is 23.1. The Balaban J connectivity index is 0.0000230. The van der Waals surface area contributed by atoms with Crippen LogP contribution in [-0.2, 0) is 60.2 Å². The normalized spacial score (nSPS) is 19.6. The Kier molecular flexibility index (Phi) is 21.0. The first-order valence-electron chi connectivity index (χ1n) is 15.0. The van der Waals surface area contributed by atoms with E-state index in [1.807, 2.05) is 0 Å². The van der Waals surface area contributed by atoms with Crippen LogP contribution in [0.15, 0.2) is 0 Å². The van der Waals surface area contributed by atoms with E-state index in [4.69, 9.17) is 0 Å². The molecular formula is C27H42FeN9O12-. The van der Waals surface area contributed by atoms with Crippen LogP contribution in [0.25, 0.3) is 0 Å². The van der Waals surface area contributed by atoms with Crippen molar-refractivity contribution in [2.24, 2.45) is 0 Å². The summed E-state index contributed by atoms with van der Waals surface area (Å²) in [5.74, 6) is -7.58. The number of amides is 9. The molecule has 21 nitrogen and oxygen atoms in total. The maximum atomic E-state index is 13.5. The molecule has 0 unspecified atom stereocenters. The maximum absolute atomic E-state index is 13.5. The molecule has 0 spiro atoms.